The molecule has 0 aliphatic carbocycles. The maximum absolute atomic E-state index is 10.3. The Morgan fingerprint density at radius 1 is 1.07 bits per heavy atom. The molecule has 0 aliphatic heterocycles. The summed E-state index contributed by atoms with van der Waals surface area (Å²) in [6.07, 6.45) is 0. The predicted molar refractivity (Wildman–Crippen MR) is 63.8 cm³/mol. The third-order valence-corrected chi connectivity index (χ3v) is 2.36. The van der Waals surface area contributed by atoms with E-state index >= 15 is 0 Å². The Morgan fingerprint density at radius 2 is 1.60 bits per heavy atom. The molecule has 2 nitrogen and oxygen atoms in total. The standard InChI is InChI=1S/C13H21NO/c1-12(2,3)14-10-13(4,15)11-8-6-5-7-9-11/h5-9,14-15H,10H2,1-4H3. The first-order chi connectivity index (χ1) is 6.81. The van der Waals surface area contributed by atoms with Crippen molar-refractivity contribution in [2.24, 2.45) is 0 Å². The van der Waals surface area contributed by atoms with E-state index < -0.39 is 5.60 Å². The lowest BCUT2D eigenvalue weighted by molar-refractivity contribution is 0.0502. The third-order valence-electron chi connectivity index (χ3n) is 2.36. The van der Waals surface area contributed by atoms with E-state index in [-0.39, 0.29) is 5.54 Å². The van der Waals surface area contributed by atoms with Crippen molar-refractivity contribution in [1.29, 1.82) is 0 Å². The van der Waals surface area contributed by atoms with Crippen LogP contribution in [-0.4, -0.2) is 17.2 Å². The van der Waals surface area contributed by atoms with Crippen LogP contribution in [0, 0.1) is 0 Å². The van der Waals surface area contributed by atoms with Crippen molar-refractivity contribution in [2.45, 2.75) is 38.8 Å². The van der Waals surface area contributed by atoms with E-state index in [1.807, 2.05) is 37.3 Å². The molecule has 0 fully saturated rings. The molecule has 1 rings (SSSR count). The predicted octanol–water partition coefficient (Wildman–Crippen LogP) is 2.28. The molecular weight excluding hydrogens is 186 g/mol. The molecule has 2 heteroatoms. The van der Waals surface area contributed by atoms with E-state index in [0.29, 0.717) is 6.54 Å². The largest absolute Gasteiger partial charge is 0.384 e. The second-order valence-electron chi connectivity index (χ2n) is 5.24. The van der Waals surface area contributed by atoms with Gasteiger partial charge in [-0.1, -0.05) is 30.3 Å². The number of aliphatic hydroxyl groups is 1. The first-order valence-electron chi connectivity index (χ1n) is 5.34. The third kappa shape index (κ3) is 4.02. The van der Waals surface area contributed by atoms with Gasteiger partial charge in [0.2, 0.25) is 0 Å². The Bertz CT molecular complexity index is 298. The van der Waals surface area contributed by atoms with Gasteiger partial charge in [-0.25, -0.2) is 0 Å². The molecule has 1 aromatic rings. The van der Waals surface area contributed by atoms with Gasteiger partial charge in [0.25, 0.3) is 0 Å². The summed E-state index contributed by atoms with van der Waals surface area (Å²) < 4.78 is 0. The number of rotatable bonds is 3. The van der Waals surface area contributed by atoms with Crippen LogP contribution in [0.1, 0.15) is 33.3 Å². The number of nitrogens with one attached hydrogen (secondary N) is 1. The quantitative estimate of drug-likeness (QED) is 0.797. The number of hydrogen-bond acceptors (Lipinski definition) is 2. The molecule has 2 N–H and O–H groups in total. The fourth-order valence-electron chi connectivity index (χ4n) is 1.34. The van der Waals surface area contributed by atoms with Gasteiger partial charge in [0.1, 0.15) is 0 Å². The van der Waals surface area contributed by atoms with E-state index in [9.17, 15) is 5.11 Å². The van der Waals surface area contributed by atoms with Gasteiger partial charge in [0.05, 0.1) is 5.60 Å². The lowest BCUT2D eigenvalue weighted by Gasteiger charge is -2.29. The molecule has 0 heterocycles. The smallest absolute Gasteiger partial charge is 0.0992 e. The lowest BCUT2D eigenvalue weighted by Crippen LogP contribution is -2.44. The molecular formula is C13H21NO. The molecule has 15 heavy (non-hydrogen) atoms. The van der Waals surface area contributed by atoms with E-state index in [0.717, 1.165) is 5.56 Å². The highest BCUT2D eigenvalue weighted by Gasteiger charge is 2.24. The first kappa shape index (κ1) is 12.2. The topological polar surface area (TPSA) is 32.3 Å². The van der Waals surface area contributed by atoms with Gasteiger partial charge in [-0.15, -0.1) is 0 Å². The number of benzene rings is 1. The Balaban J connectivity index is 2.68. The summed E-state index contributed by atoms with van der Waals surface area (Å²) >= 11 is 0. The van der Waals surface area contributed by atoms with Crippen molar-refractivity contribution < 1.29 is 5.11 Å². The molecule has 0 amide bonds. The number of β-amino-alcohol motifs (C(OH)–C–C–N with tert-alkyl or cyclic N) is 1. The van der Waals surface area contributed by atoms with Crippen LogP contribution >= 0.6 is 0 Å². The van der Waals surface area contributed by atoms with Crippen LogP contribution in [0.2, 0.25) is 0 Å². The summed E-state index contributed by atoms with van der Waals surface area (Å²) in [5, 5.41) is 13.6. The highest BCUT2D eigenvalue weighted by Crippen LogP contribution is 2.19. The molecule has 1 atom stereocenters. The summed E-state index contributed by atoms with van der Waals surface area (Å²) in [5.41, 5.74) is 0.162. The van der Waals surface area contributed by atoms with Crippen molar-refractivity contribution in [1.82, 2.24) is 5.32 Å². The minimum Gasteiger partial charge on any atom is -0.384 e. The normalized spacial score (nSPS) is 16.1. The SMILES string of the molecule is CC(C)(C)NCC(C)(O)c1ccccc1. The average Bonchev–Trinajstić information content (AvgIpc) is 2.16. The molecule has 0 radical (unpaired) electrons. The van der Waals surface area contributed by atoms with Gasteiger partial charge in [0, 0.05) is 12.1 Å². The Hall–Kier alpha value is -0.860. The highest BCUT2D eigenvalue weighted by molar-refractivity contribution is 5.21. The van der Waals surface area contributed by atoms with Gasteiger partial charge >= 0.3 is 0 Å². The molecule has 1 aromatic carbocycles. The number of hydrogen-bond donors (Lipinski definition) is 2. The van der Waals surface area contributed by atoms with Crippen molar-refractivity contribution in [2.75, 3.05) is 6.54 Å². The summed E-state index contributed by atoms with van der Waals surface area (Å²) in [4.78, 5) is 0. The van der Waals surface area contributed by atoms with E-state index in [2.05, 4.69) is 26.1 Å². The van der Waals surface area contributed by atoms with Crippen molar-refractivity contribution in [3.8, 4) is 0 Å². The monoisotopic (exact) mass is 207 g/mol. The van der Waals surface area contributed by atoms with Crippen molar-refractivity contribution in [3.05, 3.63) is 35.9 Å². The maximum Gasteiger partial charge on any atom is 0.0992 e. The first-order valence-corrected chi connectivity index (χ1v) is 5.34. The van der Waals surface area contributed by atoms with Gasteiger partial charge < -0.3 is 10.4 Å². The van der Waals surface area contributed by atoms with Gasteiger partial charge in [-0.2, -0.15) is 0 Å². The van der Waals surface area contributed by atoms with Crippen molar-refractivity contribution in [3.63, 3.8) is 0 Å². The lowest BCUT2D eigenvalue weighted by atomic mass is 9.95. The molecule has 0 saturated carbocycles. The molecule has 0 spiro atoms. The fraction of sp³-hybridized carbons (Fsp3) is 0.538. The zero-order valence-electron chi connectivity index (χ0n) is 10.0. The Labute approximate surface area is 92.3 Å². The van der Waals surface area contributed by atoms with Crippen LogP contribution in [0.5, 0.6) is 0 Å². The maximum atomic E-state index is 10.3. The zero-order chi connectivity index (χ0) is 11.5. The van der Waals surface area contributed by atoms with Gasteiger partial charge in [0.15, 0.2) is 0 Å². The van der Waals surface area contributed by atoms with Crippen LogP contribution in [0.25, 0.3) is 0 Å². The molecule has 0 aliphatic rings. The molecule has 0 saturated heterocycles. The van der Waals surface area contributed by atoms with Crippen LogP contribution in [-0.2, 0) is 5.60 Å². The summed E-state index contributed by atoms with van der Waals surface area (Å²) in [6.45, 7) is 8.66. The van der Waals surface area contributed by atoms with Crippen LogP contribution < -0.4 is 5.32 Å². The minimum absolute atomic E-state index is 0.0266. The van der Waals surface area contributed by atoms with Crippen molar-refractivity contribution >= 4 is 0 Å². The summed E-state index contributed by atoms with van der Waals surface area (Å²) in [7, 11) is 0. The highest BCUT2D eigenvalue weighted by atomic mass is 16.3. The van der Waals surface area contributed by atoms with Gasteiger partial charge in [-0.05, 0) is 33.3 Å². The zero-order valence-corrected chi connectivity index (χ0v) is 10.0. The molecule has 0 bridgehead atoms. The Kier molecular flexibility index (Phi) is 3.53. The van der Waals surface area contributed by atoms with Crippen LogP contribution in [0.15, 0.2) is 30.3 Å². The van der Waals surface area contributed by atoms with Gasteiger partial charge in [-0.3, -0.25) is 0 Å². The fourth-order valence-corrected chi connectivity index (χ4v) is 1.34. The molecule has 0 aromatic heterocycles. The van der Waals surface area contributed by atoms with E-state index in [1.54, 1.807) is 0 Å². The van der Waals surface area contributed by atoms with Crippen LogP contribution in [0.4, 0.5) is 0 Å². The Morgan fingerprint density at radius 3 is 2.07 bits per heavy atom. The second kappa shape index (κ2) is 4.33. The molecule has 84 valence electrons. The van der Waals surface area contributed by atoms with E-state index in [1.165, 1.54) is 0 Å². The minimum atomic E-state index is -0.811. The molecule has 1 unspecified atom stereocenters. The van der Waals surface area contributed by atoms with E-state index in [4.69, 9.17) is 0 Å². The van der Waals surface area contributed by atoms with Crippen LogP contribution in [0.3, 0.4) is 0 Å². The summed E-state index contributed by atoms with van der Waals surface area (Å²) in [6, 6.07) is 9.74. The second-order valence-corrected chi connectivity index (χ2v) is 5.24. The average molecular weight is 207 g/mol. The summed E-state index contributed by atoms with van der Waals surface area (Å²) in [5.74, 6) is 0.